The number of pyridine rings is 1. The average Bonchev–Trinajstić information content (AvgIpc) is 2.30. The lowest BCUT2D eigenvalue weighted by Crippen LogP contribution is -2.04. The summed E-state index contributed by atoms with van der Waals surface area (Å²) in [4.78, 5) is 4.08. The third kappa shape index (κ3) is 3.24. The monoisotopic (exact) mass is 232 g/mol. The Balaban J connectivity index is 1.85. The van der Waals surface area contributed by atoms with E-state index in [9.17, 15) is 0 Å². The Morgan fingerprint density at radius 1 is 1.19 bits per heavy atom. The molecule has 0 aliphatic heterocycles. The molecule has 3 heteroatoms. The number of hydrogen-bond acceptors (Lipinski definition) is 2. The summed E-state index contributed by atoms with van der Waals surface area (Å²) >= 11 is 5.89. The van der Waals surface area contributed by atoms with E-state index >= 15 is 0 Å². The van der Waals surface area contributed by atoms with Gasteiger partial charge in [-0.1, -0.05) is 23.7 Å². The number of aromatic nitrogens is 1. The third-order valence-corrected chi connectivity index (χ3v) is 2.53. The Morgan fingerprint density at radius 2 is 2.12 bits per heavy atom. The Kier molecular flexibility index (Phi) is 3.78. The summed E-state index contributed by atoms with van der Waals surface area (Å²) in [5.74, 6) is 0. The molecule has 0 radical (unpaired) electrons. The minimum Gasteiger partial charge on any atom is -0.385 e. The van der Waals surface area contributed by atoms with Crippen molar-refractivity contribution in [1.82, 2.24) is 4.98 Å². The van der Waals surface area contributed by atoms with E-state index < -0.39 is 0 Å². The third-order valence-electron chi connectivity index (χ3n) is 2.29. The van der Waals surface area contributed by atoms with Gasteiger partial charge in [0.2, 0.25) is 0 Å². The summed E-state index contributed by atoms with van der Waals surface area (Å²) in [5, 5.41) is 4.08. The highest BCUT2D eigenvalue weighted by molar-refractivity contribution is 6.30. The lowest BCUT2D eigenvalue weighted by molar-refractivity contribution is 1.01. The van der Waals surface area contributed by atoms with Gasteiger partial charge in [0, 0.05) is 29.6 Å². The molecule has 2 nitrogen and oxygen atoms in total. The molecule has 16 heavy (non-hydrogen) atoms. The summed E-state index contributed by atoms with van der Waals surface area (Å²) < 4.78 is 0. The fraction of sp³-hybridized carbons (Fsp3) is 0.154. The molecule has 82 valence electrons. The van der Waals surface area contributed by atoms with Crippen LogP contribution < -0.4 is 5.32 Å². The molecule has 0 bridgehead atoms. The number of nitrogens with zero attached hydrogens (tertiary/aromatic N) is 1. The Hall–Kier alpha value is -1.54. The van der Waals surface area contributed by atoms with Crippen molar-refractivity contribution in [3.8, 4) is 0 Å². The predicted octanol–water partition coefficient (Wildman–Crippen LogP) is 3.39. The average molecular weight is 233 g/mol. The van der Waals surface area contributed by atoms with Gasteiger partial charge in [-0.15, -0.1) is 0 Å². The summed E-state index contributed by atoms with van der Waals surface area (Å²) in [7, 11) is 0. The molecular weight excluding hydrogens is 220 g/mol. The molecule has 0 spiro atoms. The van der Waals surface area contributed by atoms with Gasteiger partial charge in [0.1, 0.15) is 0 Å². The number of rotatable bonds is 4. The maximum Gasteiger partial charge on any atom is 0.0426 e. The van der Waals surface area contributed by atoms with Crippen LogP contribution in [-0.2, 0) is 6.42 Å². The molecule has 1 aromatic heterocycles. The number of anilines is 1. The standard InChI is InChI=1S/C13H13ClN2/c14-12-4-1-5-13(9-12)16-8-6-11-3-2-7-15-10-11/h1-5,7,9-10,16H,6,8H2. The van der Waals surface area contributed by atoms with Crippen LogP contribution in [0.4, 0.5) is 5.69 Å². The first-order chi connectivity index (χ1) is 7.84. The fourth-order valence-corrected chi connectivity index (χ4v) is 1.69. The molecule has 1 aromatic carbocycles. The van der Waals surface area contributed by atoms with Crippen molar-refractivity contribution in [2.75, 3.05) is 11.9 Å². The van der Waals surface area contributed by atoms with Crippen LogP contribution in [-0.4, -0.2) is 11.5 Å². The van der Waals surface area contributed by atoms with Gasteiger partial charge in [-0.05, 0) is 36.2 Å². The largest absolute Gasteiger partial charge is 0.385 e. The normalized spacial score (nSPS) is 10.1. The Labute approximate surface area is 100 Å². The van der Waals surface area contributed by atoms with Crippen LogP contribution in [0, 0.1) is 0 Å². The zero-order valence-corrected chi connectivity index (χ0v) is 9.61. The molecule has 0 saturated carbocycles. The number of benzene rings is 1. The summed E-state index contributed by atoms with van der Waals surface area (Å²) in [6, 6.07) is 11.8. The van der Waals surface area contributed by atoms with Crippen molar-refractivity contribution in [3.05, 3.63) is 59.4 Å². The van der Waals surface area contributed by atoms with Crippen molar-refractivity contribution in [2.45, 2.75) is 6.42 Å². The highest BCUT2D eigenvalue weighted by atomic mass is 35.5. The molecule has 0 fully saturated rings. The van der Waals surface area contributed by atoms with Crippen LogP contribution >= 0.6 is 11.6 Å². The molecule has 2 aromatic rings. The van der Waals surface area contributed by atoms with Gasteiger partial charge in [-0.3, -0.25) is 4.98 Å². The maximum atomic E-state index is 5.89. The SMILES string of the molecule is Clc1cccc(NCCc2cccnc2)c1. The van der Waals surface area contributed by atoms with Crippen LogP contribution in [0.3, 0.4) is 0 Å². The highest BCUT2D eigenvalue weighted by Gasteiger charge is 1.94. The molecule has 1 N–H and O–H groups in total. The van der Waals surface area contributed by atoms with Gasteiger partial charge < -0.3 is 5.32 Å². The van der Waals surface area contributed by atoms with Crippen LogP contribution in [0.2, 0.25) is 5.02 Å². The second-order valence-corrected chi connectivity index (χ2v) is 3.98. The zero-order chi connectivity index (χ0) is 11.2. The van der Waals surface area contributed by atoms with Crippen LogP contribution in [0.15, 0.2) is 48.8 Å². The smallest absolute Gasteiger partial charge is 0.0426 e. The Morgan fingerprint density at radius 3 is 2.88 bits per heavy atom. The molecule has 0 atom stereocenters. The van der Waals surface area contributed by atoms with Gasteiger partial charge in [0.25, 0.3) is 0 Å². The molecule has 0 aliphatic rings. The molecular formula is C13H13ClN2. The first-order valence-corrected chi connectivity index (χ1v) is 5.61. The summed E-state index contributed by atoms with van der Waals surface area (Å²) in [6.07, 6.45) is 4.63. The van der Waals surface area contributed by atoms with E-state index in [-0.39, 0.29) is 0 Å². The topological polar surface area (TPSA) is 24.9 Å². The lowest BCUT2D eigenvalue weighted by atomic mass is 10.2. The van der Waals surface area contributed by atoms with Crippen LogP contribution in [0.5, 0.6) is 0 Å². The van der Waals surface area contributed by atoms with Gasteiger partial charge >= 0.3 is 0 Å². The van der Waals surface area contributed by atoms with Gasteiger partial charge in [0.15, 0.2) is 0 Å². The van der Waals surface area contributed by atoms with E-state index in [4.69, 9.17) is 11.6 Å². The minimum atomic E-state index is 0.756. The molecule has 0 unspecified atom stereocenters. The van der Waals surface area contributed by atoms with Gasteiger partial charge in [0.05, 0.1) is 0 Å². The zero-order valence-electron chi connectivity index (χ0n) is 8.86. The molecule has 2 rings (SSSR count). The minimum absolute atomic E-state index is 0.756. The highest BCUT2D eigenvalue weighted by Crippen LogP contribution is 2.14. The summed E-state index contributed by atoms with van der Waals surface area (Å²) in [5.41, 5.74) is 2.29. The maximum absolute atomic E-state index is 5.89. The molecule has 1 heterocycles. The number of halogens is 1. The van der Waals surface area contributed by atoms with E-state index in [1.54, 1.807) is 6.20 Å². The van der Waals surface area contributed by atoms with E-state index in [2.05, 4.69) is 16.4 Å². The van der Waals surface area contributed by atoms with Gasteiger partial charge in [-0.2, -0.15) is 0 Å². The molecule has 0 aliphatic carbocycles. The predicted molar refractivity (Wildman–Crippen MR) is 67.9 cm³/mol. The van der Waals surface area contributed by atoms with E-state index in [1.165, 1.54) is 5.56 Å². The van der Waals surface area contributed by atoms with Gasteiger partial charge in [-0.25, -0.2) is 0 Å². The summed E-state index contributed by atoms with van der Waals surface area (Å²) in [6.45, 7) is 0.881. The first kappa shape index (κ1) is 11.0. The second kappa shape index (κ2) is 5.52. The van der Waals surface area contributed by atoms with Crippen molar-refractivity contribution in [3.63, 3.8) is 0 Å². The quantitative estimate of drug-likeness (QED) is 0.874. The van der Waals surface area contributed by atoms with E-state index in [0.717, 1.165) is 23.7 Å². The van der Waals surface area contributed by atoms with Crippen molar-refractivity contribution in [2.24, 2.45) is 0 Å². The van der Waals surface area contributed by atoms with Crippen LogP contribution in [0.25, 0.3) is 0 Å². The van der Waals surface area contributed by atoms with Crippen LogP contribution in [0.1, 0.15) is 5.56 Å². The number of nitrogens with one attached hydrogen (secondary N) is 1. The first-order valence-electron chi connectivity index (χ1n) is 5.23. The fourth-order valence-electron chi connectivity index (χ4n) is 1.50. The molecule has 0 saturated heterocycles. The van der Waals surface area contributed by atoms with Crippen molar-refractivity contribution < 1.29 is 0 Å². The van der Waals surface area contributed by atoms with Crippen molar-refractivity contribution in [1.29, 1.82) is 0 Å². The van der Waals surface area contributed by atoms with Crippen molar-refractivity contribution >= 4 is 17.3 Å². The number of hydrogen-bond donors (Lipinski definition) is 1. The van der Waals surface area contributed by atoms with E-state index in [1.807, 2.05) is 36.5 Å². The second-order valence-electron chi connectivity index (χ2n) is 3.55. The molecule has 0 amide bonds. The Bertz CT molecular complexity index is 443. The van der Waals surface area contributed by atoms with E-state index in [0.29, 0.717) is 0 Å². The lowest BCUT2D eigenvalue weighted by Gasteiger charge is -2.06.